The molecule has 1 aromatic rings. The minimum atomic E-state index is 0.374. The van der Waals surface area contributed by atoms with Crippen molar-refractivity contribution in [1.82, 2.24) is 9.88 Å². The van der Waals surface area contributed by atoms with E-state index in [1.54, 1.807) is 6.20 Å². The van der Waals surface area contributed by atoms with E-state index in [1.807, 2.05) is 6.07 Å². The van der Waals surface area contributed by atoms with E-state index in [0.717, 1.165) is 24.3 Å². The standard InChI is InChI=1S/C14H23N3S/c1-10(2)8-17(11(3)4)9-12-6-5-7-16-13(12)14(15)18/h5-7,10-11H,8-9H2,1-4H3,(H2,15,18). The van der Waals surface area contributed by atoms with Gasteiger partial charge < -0.3 is 5.73 Å². The number of aromatic nitrogens is 1. The molecule has 1 rings (SSSR count). The van der Waals surface area contributed by atoms with Gasteiger partial charge in [-0.15, -0.1) is 0 Å². The molecule has 0 saturated carbocycles. The van der Waals surface area contributed by atoms with Gasteiger partial charge in [-0.3, -0.25) is 9.88 Å². The number of nitrogens with zero attached hydrogens (tertiary/aromatic N) is 2. The second-order valence-electron chi connectivity index (χ2n) is 5.29. The fourth-order valence-electron chi connectivity index (χ4n) is 1.93. The zero-order valence-electron chi connectivity index (χ0n) is 11.7. The van der Waals surface area contributed by atoms with Crippen LogP contribution >= 0.6 is 12.2 Å². The zero-order valence-corrected chi connectivity index (χ0v) is 12.5. The van der Waals surface area contributed by atoms with Crippen molar-refractivity contribution in [3.05, 3.63) is 29.6 Å². The predicted octanol–water partition coefficient (Wildman–Crippen LogP) is 2.58. The highest BCUT2D eigenvalue weighted by atomic mass is 32.1. The first kappa shape index (κ1) is 15.1. The first-order valence-corrected chi connectivity index (χ1v) is 6.80. The van der Waals surface area contributed by atoms with Gasteiger partial charge >= 0.3 is 0 Å². The number of hydrogen-bond acceptors (Lipinski definition) is 3. The fourth-order valence-corrected chi connectivity index (χ4v) is 2.12. The van der Waals surface area contributed by atoms with Gasteiger partial charge in [0, 0.05) is 25.3 Å². The Morgan fingerprint density at radius 3 is 2.56 bits per heavy atom. The summed E-state index contributed by atoms with van der Waals surface area (Å²) in [6.45, 7) is 10.8. The average molecular weight is 265 g/mol. The SMILES string of the molecule is CC(C)CN(Cc1cccnc1C(N)=S)C(C)C. The first-order chi connectivity index (χ1) is 8.41. The molecular formula is C14H23N3S. The molecule has 0 fully saturated rings. The Morgan fingerprint density at radius 2 is 2.06 bits per heavy atom. The molecule has 3 nitrogen and oxygen atoms in total. The minimum Gasteiger partial charge on any atom is -0.388 e. The van der Waals surface area contributed by atoms with Crippen molar-refractivity contribution in [2.75, 3.05) is 6.54 Å². The minimum absolute atomic E-state index is 0.374. The summed E-state index contributed by atoms with van der Waals surface area (Å²) in [4.78, 5) is 7.07. The Hall–Kier alpha value is -1.00. The van der Waals surface area contributed by atoms with Crippen LogP contribution in [0.25, 0.3) is 0 Å². The largest absolute Gasteiger partial charge is 0.388 e. The van der Waals surface area contributed by atoms with Gasteiger partial charge in [-0.2, -0.15) is 0 Å². The fraction of sp³-hybridized carbons (Fsp3) is 0.571. The third-order valence-corrected chi connectivity index (χ3v) is 3.02. The van der Waals surface area contributed by atoms with Crippen LogP contribution in [0.2, 0.25) is 0 Å². The molecule has 0 bridgehead atoms. The molecule has 0 aliphatic carbocycles. The zero-order chi connectivity index (χ0) is 13.7. The number of nitrogens with two attached hydrogens (primary N) is 1. The molecule has 0 aliphatic heterocycles. The molecule has 0 saturated heterocycles. The van der Waals surface area contributed by atoms with Crippen molar-refractivity contribution in [3.63, 3.8) is 0 Å². The highest BCUT2D eigenvalue weighted by Gasteiger charge is 2.15. The molecular weight excluding hydrogens is 242 g/mol. The Bertz CT molecular complexity index is 402. The summed E-state index contributed by atoms with van der Waals surface area (Å²) in [6.07, 6.45) is 1.74. The van der Waals surface area contributed by atoms with Crippen LogP contribution in [0, 0.1) is 5.92 Å². The van der Waals surface area contributed by atoms with E-state index in [-0.39, 0.29) is 0 Å². The molecule has 4 heteroatoms. The van der Waals surface area contributed by atoms with E-state index in [2.05, 4.69) is 43.6 Å². The van der Waals surface area contributed by atoms with Crippen molar-refractivity contribution in [3.8, 4) is 0 Å². The Kier molecular flexibility index (Phi) is 5.69. The Morgan fingerprint density at radius 1 is 1.39 bits per heavy atom. The lowest BCUT2D eigenvalue weighted by Gasteiger charge is -2.28. The number of rotatable bonds is 6. The predicted molar refractivity (Wildman–Crippen MR) is 80.5 cm³/mol. The summed E-state index contributed by atoms with van der Waals surface area (Å²) < 4.78 is 0. The maximum atomic E-state index is 5.72. The summed E-state index contributed by atoms with van der Waals surface area (Å²) in [5, 5.41) is 0. The van der Waals surface area contributed by atoms with Crippen molar-refractivity contribution in [2.24, 2.45) is 11.7 Å². The van der Waals surface area contributed by atoms with Crippen molar-refractivity contribution in [2.45, 2.75) is 40.3 Å². The number of thiocarbonyl (C=S) groups is 1. The topological polar surface area (TPSA) is 42.2 Å². The molecule has 0 unspecified atom stereocenters. The lowest BCUT2D eigenvalue weighted by atomic mass is 10.1. The lowest BCUT2D eigenvalue weighted by Crippen LogP contribution is -2.34. The van der Waals surface area contributed by atoms with Crippen LogP contribution < -0.4 is 5.73 Å². The summed E-state index contributed by atoms with van der Waals surface area (Å²) in [5.41, 5.74) is 7.58. The second-order valence-corrected chi connectivity index (χ2v) is 5.73. The molecule has 0 radical (unpaired) electrons. The van der Waals surface area contributed by atoms with Gasteiger partial charge in [-0.05, 0) is 31.4 Å². The molecule has 0 aliphatic rings. The summed E-state index contributed by atoms with van der Waals surface area (Å²) in [5.74, 6) is 0.636. The van der Waals surface area contributed by atoms with Gasteiger partial charge in [0.1, 0.15) is 10.7 Å². The van der Waals surface area contributed by atoms with Gasteiger partial charge in [0.15, 0.2) is 0 Å². The van der Waals surface area contributed by atoms with Crippen LogP contribution in [0.5, 0.6) is 0 Å². The van der Waals surface area contributed by atoms with E-state index >= 15 is 0 Å². The summed E-state index contributed by atoms with van der Waals surface area (Å²) in [7, 11) is 0. The third-order valence-electron chi connectivity index (χ3n) is 2.83. The van der Waals surface area contributed by atoms with Crippen LogP contribution in [-0.2, 0) is 6.54 Å². The maximum absolute atomic E-state index is 5.72. The number of pyridine rings is 1. The van der Waals surface area contributed by atoms with E-state index < -0.39 is 0 Å². The molecule has 18 heavy (non-hydrogen) atoms. The molecule has 0 aromatic carbocycles. The van der Waals surface area contributed by atoms with Gasteiger partial charge in [0.25, 0.3) is 0 Å². The summed E-state index contributed by atoms with van der Waals surface area (Å²) >= 11 is 5.05. The maximum Gasteiger partial charge on any atom is 0.123 e. The van der Waals surface area contributed by atoms with Gasteiger partial charge in [0.2, 0.25) is 0 Å². The normalized spacial score (nSPS) is 11.5. The van der Waals surface area contributed by atoms with Gasteiger partial charge in [-0.25, -0.2) is 0 Å². The molecule has 2 N–H and O–H groups in total. The highest BCUT2D eigenvalue weighted by molar-refractivity contribution is 7.80. The molecule has 0 amide bonds. The molecule has 0 spiro atoms. The average Bonchev–Trinajstić information content (AvgIpc) is 2.27. The van der Waals surface area contributed by atoms with Crippen LogP contribution in [-0.4, -0.2) is 27.5 Å². The van der Waals surface area contributed by atoms with E-state index in [4.69, 9.17) is 18.0 Å². The first-order valence-electron chi connectivity index (χ1n) is 6.39. The van der Waals surface area contributed by atoms with Crippen LogP contribution in [0.15, 0.2) is 18.3 Å². The van der Waals surface area contributed by atoms with Gasteiger partial charge in [-0.1, -0.05) is 32.1 Å². The Balaban J connectivity index is 2.90. The highest BCUT2D eigenvalue weighted by Crippen LogP contribution is 2.13. The third kappa shape index (κ3) is 4.35. The van der Waals surface area contributed by atoms with Crippen molar-refractivity contribution < 1.29 is 0 Å². The van der Waals surface area contributed by atoms with E-state index in [1.165, 1.54) is 0 Å². The second kappa shape index (κ2) is 6.81. The molecule has 1 aromatic heterocycles. The van der Waals surface area contributed by atoms with Crippen LogP contribution in [0.3, 0.4) is 0 Å². The smallest absolute Gasteiger partial charge is 0.123 e. The van der Waals surface area contributed by atoms with E-state index in [9.17, 15) is 0 Å². The lowest BCUT2D eigenvalue weighted by molar-refractivity contribution is 0.189. The molecule has 100 valence electrons. The quantitative estimate of drug-likeness (QED) is 0.803. The summed E-state index contributed by atoms with van der Waals surface area (Å²) in [6, 6.07) is 4.48. The van der Waals surface area contributed by atoms with Crippen LogP contribution in [0.1, 0.15) is 39.0 Å². The van der Waals surface area contributed by atoms with Crippen molar-refractivity contribution in [1.29, 1.82) is 0 Å². The molecule has 0 atom stereocenters. The monoisotopic (exact) mass is 265 g/mol. The van der Waals surface area contributed by atoms with Crippen molar-refractivity contribution >= 4 is 17.2 Å². The number of hydrogen-bond donors (Lipinski definition) is 1. The van der Waals surface area contributed by atoms with E-state index in [0.29, 0.717) is 16.9 Å². The van der Waals surface area contributed by atoms with Gasteiger partial charge in [0.05, 0.1) is 0 Å². The molecule has 1 heterocycles. The Labute approximate surface area is 115 Å². The van der Waals surface area contributed by atoms with Crippen LogP contribution in [0.4, 0.5) is 0 Å².